The molecule has 34 heavy (non-hydrogen) atoms. The monoisotopic (exact) mass is 448 g/mol. The summed E-state index contributed by atoms with van der Waals surface area (Å²) >= 11 is 0. The van der Waals surface area contributed by atoms with E-state index in [4.69, 9.17) is 0 Å². The quantitative estimate of drug-likeness (QED) is 0.302. The normalized spacial score (nSPS) is 12.8. The Morgan fingerprint density at radius 2 is 0.971 bits per heavy atom. The Morgan fingerprint density at radius 3 is 1.38 bits per heavy atom. The number of fused-ring (bicyclic) bond motifs is 2. The number of rotatable bonds is 8. The number of benzene rings is 4. The standard InChI is InChI=1S/C31H32N2O/c1-32(2)21-19-29(27-17-9-13-23-11-5-7-15-25(23)27)31(34)30(20-22-33(3)4)28-18-10-14-24-12-6-8-16-26(24)28/h5-20H,21-22H2,1-4H3. The number of allylic oxidation sites excluding steroid dienone is 2. The highest BCUT2D eigenvalue weighted by Gasteiger charge is 2.21. The fourth-order valence-corrected chi connectivity index (χ4v) is 4.26. The van der Waals surface area contributed by atoms with E-state index in [1.54, 1.807) is 0 Å². The first-order chi connectivity index (χ1) is 16.5. The van der Waals surface area contributed by atoms with E-state index in [1.807, 2.05) is 64.6 Å². The summed E-state index contributed by atoms with van der Waals surface area (Å²) in [5, 5.41) is 4.45. The topological polar surface area (TPSA) is 23.6 Å². The third-order valence-electron chi connectivity index (χ3n) is 5.97. The molecule has 0 radical (unpaired) electrons. The van der Waals surface area contributed by atoms with E-state index < -0.39 is 0 Å². The lowest BCUT2D eigenvalue weighted by atomic mass is 9.87. The SMILES string of the molecule is CN(C)CC=C(C(=O)C(=CCN(C)C)c1cccc2ccccc12)c1cccc2ccccc12. The zero-order chi connectivity index (χ0) is 24.1. The summed E-state index contributed by atoms with van der Waals surface area (Å²) in [4.78, 5) is 18.5. The molecule has 3 heteroatoms. The van der Waals surface area contributed by atoms with Crippen molar-refractivity contribution < 1.29 is 4.79 Å². The van der Waals surface area contributed by atoms with Gasteiger partial charge in [-0.3, -0.25) is 4.79 Å². The molecule has 3 nitrogen and oxygen atoms in total. The van der Waals surface area contributed by atoms with Gasteiger partial charge in [0.05, 0.1) is 0 Å². The maximum Gasteiger partial charge on any atom is 0.193 e. The summed E-state index contributed by atoms with van der Waals surface area (Å²) in [5.74, 6) is 0.0522. The molecule has 0 aliphatic rings. The van der Waals surface area contributed by atoms with Crippen LogP contribution in [0.2, 0.25) is 0 Å². The van der Waals surface area contributed by atoms with Gasteiger partial charge >= 0.3 is 0 Å². The maximum absolute atomic E-state index is 14.4. The molecule has 0 amide bonds. The van der Waals surface area contributed by atoms with Crippen LogP contribution in [0.1, 0.15) is 11.1 Å². The van der Waals surface area contributed by atoms with Crippen molar-refractivity contribution in [2.75, 3.05) is 41.3 Å². The molecule has 0 aliphatic heterocycles. The van der Waals surface area contributed by atoms with Gasteiger partial charge in [0.25, 0.3) is 0 Å². The highest BCUT2D eigenvalue weighted by molar-refractivity contribution is 6.44. The molecule has 0 heterocycles. The minimum absolute atomic E-state index is 0.0522. The molecule has 0 fully saturated rings. The van der Waals surface area contributed by atoms with Crippen LogP contribution in [0.5, 0.6) is 0 Å². The van der Waals surface area contributed by atoms with Crippen molar-refractivity contribution in [3.05, 3.63) is 108 Å². The van der Waals surface area contributed by atoms with E-state index in [9.17, 15) is 4.79 Å². The van der Waals surface area contributed by atoms with Gasteiger partial charge in [-0.25, -0.2) is 0 Å². The maximum atomic E-state index is 14.4. The fourth-order valence-electron chi connectivity index (χ4n) is 4.26. The van der Waals surface area contributed by atoms with Crippen LogP contribution in [0.3, 0.4) is 0 Å². The van der Waals surface area contributed by atoms with Crippen LogP contribution in [0.25, 0.3) is 32.7 Å². The van der Waals surface area contributed by atoms with Crippen LogP contribution < -0.4 is 0 Å². The van der Waals surface area contributed by atoms with Crippen LogP contribution in [0, 0.1) is 0 Å². The molecule has 0 N–H and O–H groups in total. The van der Waals surface area contributed by atoms with Gasteiger partial charge in [0.15, 0.2) is 5.78 Å². The Balaban J connectivity index is 1.92. The minimum atomic E-state index is 0.0522. The predicted molar refractivity (Wildman–Crippen MR) is 146 cm³/mol. The Kier molecular flexibility index (Phi) is 7.36. The Bertz CT molecular complexity index is 1260. The van der Waals surface area contributed by atoms with Crippen molar-refractivity contribution in [2.24, 2.45) is 0 Å². The van der Waals surface area contributed by atoms with E-state index in [-0.39, 0.29) is 5.78 Å². The Morgan fingerprint density at radius 1 is 0.588 bits per heavy atom. The number of likely N-dealkylation sites (N-methyl/N-ethyl adjacent to an activating group) is 2. The second kappa shape index (κ2) is 10.6. The van der Waals surface area contributed by atoms with Crippen LogP contribution in [-0.2, 0) is 4.79 Å². The lowest BCUT2D eigenvalue weighted by Crippen LogP contribution is -2.15. The Hall–Kier alpha value is -3.53. The summed E-state index contributed by atoms with van der Waals surface area (Å²) in [6.07, 6.45) is 4.14. The van der Waals surface area contributed by atoms with Crippen LogP contribution in [-0.4, -0.2) is 56.9 Å². The summed E-state index contributed by atoms with van der Waals surface area (Å²) in [7, 11) is 8.09. The van der Waals surface area contributed by atoms with E-state index in [0.29, 0.717) is 13.1 Å². The molecule has 4 aromatic rings. The zero-order valence-electron chi connectivity index (χ0n) is 20.5. The molecule has 4 rings (SSSR count). The number of hydrogen-bond acceptors (Lipinski definition) is 3. The van der Waals surface area contributed by atoms with E-state index in [2.05, 4.69) is 70.5 Å². The number of Topliss-reactive ketones (excluding diaryl/α,β-unsaturated/α-hetero) is 1. The summed E-state index contributed by atoms with van der Waals surface area (Å²) < 4.78 is 0. The van der Waals surface area contributed by atoms with Gasteiger partial charge in [0.1, 0.15) is 0 Å². The molecule has 0 saturated heterocycles. The molecular formula is C31H32N2O. The third-order valence-corrected chi connectivity index (χ3v) is 5.97. The minimum Gasteiger partial charge on any atom is -0.306 e. The van der Waals surface area contributed by atoms with Crippen molar-refractivity contribution >= 4 is 38.5 Å². The zero-order valence-corrected chi connectivity index (χ0v) is 20.5. The number of hydrogen-bond donors (Lipinski definition) is 0. The van der Waals surface area contributed by atoms with Gasteiger partial charge in [-0.2, -0.15) is 0 Å². The predicted octanol–water partition coefficient (Wildman–Crippen LogP) is 6.15. The molecule has 0 spiro atoms. The molecule has 0 atom stereocenters. The van der Waals surface area contributed by atoms with Crippen molar-refractivity contribution in [2.45, 2.75) is 0 Å². The van der Waals surface area contributed by atoms with Crippen molar-refractivity contribution in [3.63, 3.8) is 0 Å². The largest absolute Gasteiger partial charge is 0.306 e. The fraction of sp³-hybridized carbons (Fsp3) is 0.194. The van der Waals surface area contributed by atoms with Gasteiger partial charge in [-0.15, -0.1) is 0 Å². The Labute approximate surface area is 202 Å². The van der Waals surface area contributed by atoms with Gasteiger partial charge < -0.3 is 9.80 Å². The second-order valence-corrected chi connectivity index (χ2v) is 9.14. The van der Waals surface area contributed by atoms with Crippen LogP contribution in [0.4, 0.5) is 0 Å². The third kappa shape index (κ3) is 5.17. The molecule has 4 aromatic carbocycles. The van der Waals surface area contributed by atoms with Gasteiger partial charge in [-0.05, 0) is 60.9 Å². The second-order valence-electron chi connectivity index (χ2n) is 9.14. The van der Waals surface area contributed by atoms with Crippen LogP contribution >= 0.6 is 0 Å². The lowest BCUT2D eigenvalue weighted by molar-refractivity contribution is -0.108. The average Bonchev–Trinajstić information content (AvgIpc) is 2.84. The number of carbonyl (C=O) groups excluding carboxylic acids is 1. The molecule has 0 aromatic heterocycles. The van der Waals surface area contributed by atoms with E-state index in [0.717, 1.165) is 43.8 Å². The first-order valence-electron chi connectivity index (χ1n) is 11.7. The molecule has 172 valence electrons. The van der Waals surface area contributed by atoms with Gasteiger partial charge in [-0.1, -0.05) is 97.1 Å². The highest BCUT2D eigenvalue weighted by Crippen LogP contribution is 2.33. The van der Waals surface area contributed by atoms with Crippen molar-refractivity contribution in [1.29, 1.82) is 0 Å². The molecular weight excluding hydrogens is 416 g/mol. The van der Waals surface area contributed by atoms with Crippen LogP contribution in [0.15, 0.2) is 97.1 Å². The van der Waals surface area contributed by atoms with Crippen molar-refractivity contribution in [3.8, 4) is 0 Å². The summed E-state index contributed by atoms with van der Waals surface area (Å²) in [5.41, 5.74) is 3.42. The number of ketones is 1. The first kappa shape index (κ1) is 23.6. The van der Waals surface area contributed by atoms with Gasteiger partial charge in [0, 0.05) is 24.2 Å². The highest BCUT2D eigenvalue weighted by atomic mass is 16.1. The van der Waals surface area contributed by atoms with Gasteiger partial charge in [0.2, 0.25) is 0 Å². The van der Waals surface area contributed by atoms with E-state index in [1.165, 1.54) is 0 Å². The number of nitrogens with zero attached hydrogens (tertiary/aromatic N) is 2. The molecule has 0 saturated carbocycles. The first-order valence-corrected chi connectivity index (χ1v) is 11.7. The van der Waals surface area contributed by atoms with Crippen molar-refractivity contribution in [1.82, 2.24) is 9.80 Å². The number of carbonyl (C=O) groups is 1. The molecule has 0 bridgehead atoms. The average molecular weight is 449 g/mol. The molecule has 0 aliphatic carbocycles. The summed E-state index contributed by atoms with van der Waals surface area (Å²) in [6, 6.07) is 28.9. The smallest absolute Gasteiger partial charge is 0.193 e. The summed E-state index contributed by atoms with van der Waals surface area (Å²) in [6.45, 7) is 1.36. The lowest BCUT2D eigenvalue weighted by Gasteiger charge is -2.17. The molecule has 0 unspecified atom stereocenters. The van der Waals surface area contributed by atoms with E-state index >= 15 is 0 Å².